The largest absolute Gasteiger partial charge is 0.480 e. The third-order valence-corrected chi connectivity index (χ3v) is 4.83. The average Bonchev–Trinajstić information content (AvgIpc) is 3.23. The van der Waals surface area contributed by atoms with Crippen molar-refractivity contribution in [2.75, 3.05) is 12.3 Å². The van der Waals surface area contributed by atoms with Crippen LogP contribution in [0, 0.1) is 0 Å². The minimum Gasteiger partial charge on any atom is -0.480 e. The van der Waals surface area contributed by atoms with Crippen LogP contribution in [0.4, 0.5) is 0 Å². The molecule has 9 N–H and O–H groups in total. The Hall–Kier alpha value is -2.64. The number of hydrogen-bond donors (Lipinski definition) is 8. The van der Waals surface area contributed by atoms with Gasteiger partial charge in [-0.25, -0.2) is 9.78 Å². The smallest absolute Gasteiger partial charge is 0.327 e. The predicted octanol–water partition coefficient (Wildman–Crippen LogP) is -2.10. The lowest BCUT2D eigenvalue weighted by atomic mass is 10.1. The molecule has 1 rings (SSSR count). The van der Waals surface area contributed by atoms with E-state index in [9.17, 15) is 19.2 Å². The van der Waals surface area contributed by atoms with E-state index in [0.717, 1.165) is 0 Å². The number of carbonyl (C=O) groups is 4. The van der Waals surface area contributed by atoms with Crippen molar-refractivity contribution in [2.24, 2.45) is 11.5 Å². The summed E-state index contributed by atoms with van der Waals surface area (Å²) < 4.78 is 0. The number of carboxylic acid groups (broad SMARTS) is 1. The highest BCUT2D eigenvalue weighted by Crippen LogP contribution is 2.04. The highest BCUT2D eigenvalue weighted by Gasteiger charge is 2.27. The molecule has 4 atom stereocenters. The van der Waals surface area contributed by atoms with Crippen molar-refractivity contribution in [1.82, 2.24) is 25.9 Å². The Balaban J connectivity index is 2.72. The number of carboxylic acids is 1. The number of rotatable bonds is 14. The summed E-state index contributed by atoms with van der Waals surface area (Å²) in [6, 6.07) is -4.04. The normalized spacial score (nSPS) is 14.7. The Bertz CT molecular complexity index is 731. The number of nitrogens with two attached hydrogens (primary N) is 2. The van der Waals surface area contributed by atoms with Crippen molar-refractivity contribution in [3.63, 3.8) is 0 Å². The summed E-state index contributed by atoms with van der Waals surface area (Å²) in [4.78, 5) is 55.1. The van der Waals surface area contributed by atoms with Crippen LogP contribution in [-0.4, -0.2) is 75.2 Å². The van der Waals surface area contributed by atoms with Gasteiger partial charge < -0.3 is 37.5 Å². The van der Waals surface area contributed by atoms with Crippen molar-refractivity contribution >= 4 is 36.3 Å². The van der Waals surface area contributed by atoms with E-state index in [0.29, 0.717) is 31.5 Å². The van der Waals surface area contributed by atoms with Crippen molar-refractivity contribution < 1.29 is 24.3 Å². The van der Waals surface area contributed by atoms with E-state index in [1.54, 1.807) is 6.20 Å². The highest BCUT2D eigenvalue weighted by atomic mass is 32.1. The Morgan fingerprint density at radius 3 is 2.35 bits per heavy atom. The van der Waals surface area contributed by atoms with Crippen LogP contribution < -0.4 is 27.4 Å². The first-order valence-corrected chi connectivity index (χ1v) is 10.5. The summed E-state index contributed by atoms with van der Waals surface area (Å²) in [7, 11) is 0. The molecule has 0 fully saturated rings. The number of imidazole rings is 1. The van der Waals surface area contributed by atoms with Crippen molar-refractivity contribution in [2.45, 2.75) is 56.8 Å². The first-order chi connectivity index (χ1) is 14.7. The quantitative estimate of drug-likeness (QED) is 0.114. The molecule has 174 valence electrons. The molecule has 0 bridgehead atoms. The van der Waals surface area contributed by atoms with Crippen LogP contribution in [0.1, 0.15) is 31.9 Å². The van der Waals surface area contributed by atoms with Gasteiger partial charge in [-0.15, -0.1) is 0 Å². The maximum atomic E-state index is 12.7. The lowest BCUT2D eigenvalue weighted by molar-refractivity contribution is -0.141. The summed E-state index contributed by atoms with van der Waals surface area (Å²) >= 11 is 3.88. The summed E-state index contributed by atoms with van der Waals surface area (Å²) in [6.45, 7) is 1.84. The van der Waals surface area contributed by atoms with E-state index >= 15 is 0 Å². The van der Waals surface area contributed by atoms with E-state index in [-0.39, 0.29) is 12.2 Å². The number of nitrogens with one attached hydrogen (secondary N) is 4. The van der Waals surface area contributed by atoms with Gasteiger partial charge in [-0.1, -0.05) is 0 Å². The zero-order valence-corrected chi connectivity index (χ0v) is 18.2. The SMILES string of the molecule is CC(NC(=O)C(CCCCN)NC(=O)C(N)Cc1cnc[nH]1)C(=O)NC(CS)C(=O)O. The molecule has 0 radical (unpaired) electrons. The molecule has 0 saturated heterocycles. The number of aromatic amines is 1. The van der Waals surface area contributed by atoms with Gasteiger partial charge in [0.25, 0.3) is 0 Å². The first-order valence-electron chi connectivity index (χ1n) is 9.87. The van der Waals surface area contributed by atoms with Gasteiger partial charge in [0.1, 0.15) is 18.1 Å². The van der Waals surface area contributed by atoms with Crippen molar-refractivity contribution in [1.29, 1.82) is 0 Å². The van der Waals surface area contributed by atoms with Gasteiger partial charge in [-0.3, -0.25) is 14.4 Å². The molecule has 13 heteroatoms. The number of thiol groups is 1. The lowest BCUT2D eigenvalue weighted by Gasteiger charge is -2.23. The van der Waals surface area contributed by atoms with Crippen molar-refractivity contribution in [3.05, 3.63) is 18.2 Å². The molecule has 0 aliphatic heterocycles. The zero-order chi connectivity index (χ0) is 23.4. The van der Waals surface area contributed by atoms with Crippen LogP contribution >= 0.6 is 12.6 Å². The Morgan fingerprint density at radius 2 is 1.81 bits per heavy atom. The summed E-state index contributed by atoms with van der Waals surface area (Å²) in [5, 5.41) is 16.4. The molecule has 0 saturated carbocycles. The Morgan fingerprint density at radius 1 is 1.13 bits per heavy atom. The molecular formula is C18H31N7O5S. The van der Waals surface area contributed by atoms with Gasteiger partial charge in [0.05, 0.1) is 12.4 Å². The first kappa shape index (κ1) is 26.4. The minimum atomic E-state index is -1.24. The molecule has 3 amide bonds. The number of amides is 3. The molecule has 0 aliphatic rings. The van der Waals surface area contributed by atoms with Gasteiger partial charge in [0, 0.05) is 24.1 Å². The Labute approximate surface area is 185 Å². The topological polar surface area (TPSA) is 205 Å². The van der Waals surface area contributed by atoms with Gasteiger partial charge in [0.15, 0.2) is 0 Å². The standard InChI is InChI=1S/C18H31N7O5S/c1-10(15(26)25-14(8-31)18(29)30)23-17(28)13(4-2-3-5-19)24-16(27)12(20)6-11-7-21-9-22-11/h7,9-10,12-14,31H,2-6,8,19-20H2,1H3,(H,21,22)(H,23,28)(H,24,27)(H,25,26)(H,29,30). The third kappa shape index (κ3) is 9.36. The van der Waals surface area contributed by atoms with Gasteiger partial charge in [-0.2, -0.15) is 12.6 Å². The number of carbonyl (C=O) groups excluding carboxylic acids is 3. The fraction of sp³-hybridized carbons (Fsp3) is 0.611. The van der Waals surface area contributed by atoms with Crippen molar-refractivity contribution in [3.8, 4) is 0 Å². The maximum Gasteiger partial charge on any atom is 0.327 e. The minimum absolute atomic E-state index is 0.103. The number of unbranched alkanes of at least 4 members (excludes halogenated alkanes) is 1. The van der Waals surface area contributed by atoms with Crippen LogP contribution in [0.3, 0.4) is 0 Å². The van der Waals surface area contributed by atoms with Crippen LogP contribution in [0.15, 0.2) is 12.5 Å². The second kappa shape index (κ2) is 13.6. The molecule has 1 aromatic rings. The highest BCUT2D eigenvalue weighted by molar-refractivity contribution is 7.80. The maximum absolute atomic E-state index is 12.7. The van der Waals surface area contributed by atoms with Gasteiger partial charge in [0.2, 0.25) is 17.7 Å². The summed E-state index contributed by atoms with van der Waals surface area (Å²) in [5.74, 6) is -3.13. The second-order valence-corrected chi connectivity index (χ2v) is 7.41. The molecule has 0 aromatic carbocycles. The molecule has 1 heterocycles. The van der Waals surface area contributed by atoms with Crippen LogP contribution in [0.2, 0.25) is 0 Å². The van der Waals surface area contributed by atoms with Gasteiger partial charge in [-0.05, 0) is 32.7 Å². The average molecular weight is 458 g/mol. The molecule has 0 spiro atoms. The molecule has 0 aliphatic carbocycles. The van der Waals surface area contributed by atoms with Crippen LogP contribution in [0.25, 0.3) is 0 Å². The van der Waals surface area contributed by atoms with Crippen LogP contribution in [0.5, 0.6) is 0 Å². The number of aromatic nitrogens is 2. The number of H-pyrrole nitrogens is 1. The second-order valence-electron chi connectivity index (χ2n) is 7.05. The van der Waals surface area contributed by atoms with E-state index in [1.165, 1.54) is 13.3 Å². The van der Waals surface area contributed by atoms with E-state index in [4.69, 9.17) is 16.6 Å². The number of hydrogen-bond acceptors (Lipinski definition) is 8. The Kier molecular flexibility index (Phi) is 11.6. The van der Waals surface area contributed by atoms with Gasteiger partial charge >= 0.3 is 5.97 Å². The number of nitrogens with zero attached hydrogens (tertiary/aromatic N) is 1. The predicted molar refractivity (Wildman–Crippen MR) is 116 cm³/mol. The fourth-order valence-corrected chi connectivity index (χ4v) is 2.88. The number of aliphatic carboxylic acids is 1. The summed E-state index contributed by atoms with van der Waals surface area (Å²) in [5.41, 5.74) is 12.1. The van der Waals surface area contributed by atoms with E-state index in [2.05, 4.69) is 38.5 Å². The fourth-order valence-electron chi connectivity index (χ4n) is 2.63. The van der Waals surface area contributed by atoms with Crippen LogP contribution in [-0.2, 0) is 25.6 Å². The lowest BCUT2D eigenvalue weighted by Crippen LogP contribution is -2.56. The zero-order valence-electron chi connectivity index (χ0n) is 17.3. The monoisotopic (exact) mass is 457 g/mol. The molecule has 31 heavy (non-hydrogen) atoms. The molecule has 1 aromatic heterocycles. The van der Waals surface area contributed by atoms with E-state index < -0.39 is 47.9 Å². The van der Waals surface area contributed by atoms with E-state index in [1.807, 2.05) is 0 Å². The third-order valence-electron chi connectivity index (χ3n) is 4.46. The molecule has 4 unspecified atom stereocenters. The molecule has 12 nitrogen and oxygen atoms in total. The summed E-state index contributed by atoms with van der Waals surface area (Å²) in [6.07, 6.45) is 4.76. The molecular weight excluding hydrogens is 426 g/mol.